The number of hydrogen-bond acceptors (Lipinski definition) is 3. The summed E-state index contributed by atoms with van der Waals surface area (Å²) in [6, 6.07) is 6.70. The minimum absolute atomic E-state index is 0.0512. The third kappa shape index (κ3) is 5.69. The Morgan fingerprint density at radius 3 is 2.27 bits per heavy atom. The quantitative estimate of drug-likeness (QED) is 0.704. The molecule has 0 unspecified atom stereocenters. The van der Waals surface area contributed by atoms with Crippen LogP contribution >= 0.6 is 11.3 Å². The molecule has 140 valence electrons. The third-order valence-electron chi connectivity index (χ3n) is 3.94. The van der Waals surface area contributed by atoms with E-state index in [0.717, 1.165) is 21.9 Å². The van der Waals surface area contributed by atoms with Crippen LogP contribution in [0.3, 0.4) is 0 Å². The van der Waals surface area contributed by atoms with Crippen LogP contribution in [0.25, 0.3) is 0 Å². The van der Waals surface area contributed by atoms with Crippen molar-refractivity contribution < 1.29 is 22.8 Å². The van der Waals surface area contributed by atoms with Crippen molar-refractivity contribution in [2.24, 2.45) is 0 Å². The summed E-state index contributed by atoms with van der Waals surface area (Å²) in [7, 11) is 0. The second kappa shape index (κ2) is 8.49. The molecule has 1 aromatic carbocycles. The summed E-state index contributed by atoms with van der Waals surface area (Å²) in [4.78, 5) is 26.0. The number of carbonyl (C=O) groups excluding carboxylic acids is 2. The van der Waals surface area contributed by atoms with Gasteiger partial charge in [-0.3, -0.25) is 9.59 Å². The zero-order valence-corrected chi connectivity index (χ0v) is 15.4. The normalized spacial score (nSPS) is 11.4. The molecule has 7 heteroatoms. The van der Waals surface area contributed by atoms with Gasteiger partial charge in [-0.15, -0.1) is 11.3 Å². The van der Waals surface area contributed by atoms with E-state index in [1.54, 1.807) is 11.3 Å². The van der Waals surface area contributed by atoms with Crippen LogP contribution in [0.4, 0.5) is 13.2 Å². The minimum atomic E-state index is -4.35. The Labute approximate surface area is 154 Å². The van der Waals surface area contributed by atoms with Gasteiger partial charge in [0.05, 0.1) is 5.56 Å². The van der Waals surface area contributed by atoms with Crippen LogP contribution in [0, 0.1) is 13.8 Å². The molecule has 0 fully saturated rings. The number of rotatable bonds is 7. The molecule has 0 aliphatic rings. The number of amides is 1. The van der Waals surface area contributed by atoms with Gasteiger partial charge in [0.1, 0.15) is 0 Å². The van der Waals surface area contributed by atoms with Crippen molar-refractivity contribution in [1.29, 1.82) is 0 Å². The number of hydrogen-bond donors (Lipinski definition) is 1. The van der Waals surface area contributed by atoms with Crippen molar-refractivity contribution in [3.05, 3.63) is 56.8 Å². The van der Waals surface area contributed by atoms with Gasteiger partial charge in [-0.05, 0) is 44.0 Å². The Bertz CT molecular complexity index is 779. The van der Waals surface area contributed by atoms with Gasteiger partial charge in [0, 0.05) is 34.7 Å². The molecule has 0 bridgehead atoms. The molecule has 1 aromatic heterocycles. The maximum Gasteiger partial charge on any atom is 0.416 e. The Balaban J connectivity index is 1.73. The number of aryl methyl sites for hydroxylation is 2. The van der Waals surface area contributed by atoms with Gasteiger partial charge < -0.3 is 5.32 Å². The van der Waals surface area contributed by atoms with Gasteiger partial charge in [0.25, 0.3) is 0 Å². The molecule has 26 heavy (non-hydrogen) atoms. The fourth-order valence-electron chi connectivity index (χ4n) is 2.56. The minimum Gasteiger partial charge on any atom is -0.356 e. The van der Waals surface area contributed by atoms with E-state index >= 15 is 0 Å². The van der Waals surface area contributed by atoms with Crippen LogP contribution in [0.2, 0.25) is 0 Å². The number of Topliss-reactive ketones (excluding diaryl/α,β-unsaturated/α-hetero) is 1. The first kappa shape index (κ1) is 20.2. The van der Waals surface area contributed by atoms with Crippen LogP contribution in [-0.2, 0) is 17.4 Å². The smallest absolute Gasteiger partial charge is 0.356 e. The topological polar surface area (TPSA) is 46.2 Å². The fraction of sp³-hybridized carbons (Fsp3) is 0.368. The van der Waals surface area contributed by atoms with E-state index in [4.69, 9.17) is 0 Å². The second-order valence-corrected chi connectivity index (χ2v) is 7.51. The van der Waals surface area contributed by atoms with Crippen LogP contribution in [0.1, 0.15) is 44.1 Å². The maximum atomic E-state index is 12.5. The van der Waals surface area contributed by atoms with E-state index < -0.39 is 11.7 Å². The summed E-state index contributed by atoms with van der Waals surface area (Å²) in [6.45, 7) is 4.13. The molecule has 0 saturated heterocycles. The van der Waals surface area contributed by atoms with Crippen molar-refractivity contribution in [3.8, 4) is 0 Å². The lowest BCUT2D eigenvalue weighted by atomic mass is 10.1. The summed E-state index contributed by atoms with van der Waals surface area (Å²) in [6.07, 6.45) is -3.68. The highest BCUT2D eigenvalue weighted by Gasteiger charge is 2.29. The van der Waals surface area contributed by atoms with Crippen LogP contribution in [0.5, 0.6) is 0 Å². The average molecular weight is 383 g/mol. The summed E-state index contributed by atoms with van der Waals surface area (Å²) in [5.41, 5.74) is 0.687. The molecule has 0 spiro atoms. The monoisotopic (exact) mass is 383 g/mol. The largest absolute Gasteiger partial charge is 0.416 e. The molecule has 2 rings (SSSR count). The zero-order valence-electron chi connectivity index (χ0n) is 14.6. The molecule has 0 radical (unpaired) electrons. The first-order chi connectivity index (χ1) is 12.2. The van der Waals surface area contributed by atoms with Gasteiger partial charge in [-0.2, -0.15) is 13.2 Å². The number of carbonyl (C=O) groups is 2. The zero-order chi connectivity index (χ0) is 19.3. The number of halogens is 3. The van der Waals surface area contributed by atoms with Gasteiger partial charge in [-0.1, -0.05) is 12.1 Å². The predicted molar refractivity (Wildman–Crippen MR) is 95.5 cm³/mol. The van der Waals surface area contributed by atoms with Crippen LogP contribution in [-0.4, -0.2) is 18.2 Å². The summed E-state index contributed by atoms with van der Waals surface area (Å²) >= 11 is 1.55. The first-order valence-corrected chi connectivity index (χ1v) is 9.01. The number of alkyl halides is 3. The van der Waals surface area contributed by atoms with E-state index in [1.807, 2.05) is 19.9 Å². The van der Waals surface area contributed by atoms with Gasteiger partial charge in [0.15, 0.2) is 5.78 Å². The first-order valence-electron chi connectivity index (χ1n) is 8.20. The highest BCUT2D eigenvalue weighted by molar-refractivity contribution is 7.12. The van der Waals surface area contributed by atoms with Crippen molar-refractivity contribution >= 4 is 23.0 Å². The van der Waals surface area contributed by atoms with Gasteiger partial charge in [0.2, 0.25) is 5.91 Å². The van der Waals surface area contributed by atoms with Crippen molar-refractivity contribution in [2.75, 3.05) is 6.54 Å². The third-order valence-corrected chi connectivity index (χ3v) is 4.90. The molecule has 1 amide bonds. The average Bonchev–Trinajstić information content (AvgIpc) is 2.91. The van der Waals surface area contributed by atoms with E-state index in [2.05, 4.69) is 5.32 Å². The summed E-state index contributed by atoms with van der Waals surface area (Å²) < 4.78 is 37.5. The molecule has 0 atom stereocenters. The molecular formula is C19H20F3NO2S. The predicted octanol–water partition coefficient (Wildman–Crippen LogP) is 4.71. The number of nitrogens with one attached hydrogen (secondary N) is 1. The maximum absolute atomic E-state index is 12.5. The molecule has 0 saturated carbocycles. The SMILES string of the molecule is Cc1cc(C(=O)CCC(=O)NCCc2ccc(C(F)(F)F)cc2)c(C)s1. The lowest BCUT2D eigenvalue weighted by molar-refractivity contribution is -0.137. The van der Waals surface area contributed by atoms with Crippen molar-refractivity contribution in [3.63, 3.8) is 0 Å². The van der Waals surface area contributed by atoms with Crippen LogP contribution in [0.15, 0.2) is 30.3 Å². The van der Waals surface area contributed by atoms with Crippen molar-refractivity contribution in [2.45, 2.75) is 39.3 Å². The Morgan fingerprint density at radius 2 is 1.73 bits per heavy atom. The molecule has 2 aromatic rings. The molecule has 3 nitrogen and oxygen atoms in total. The molecule has 1 N–H and O–H groups in total. The number of ketones is 1. The van der Waals surface area contributed by atoms with E-state index in [9.17, 15) is 22.8 Å². The van der Waals surface area contributed by atoms with E-state index in [1.165, 1.54) is 12.1 Å². The molecular weight excluding hydrogens is 363 g/mol. The highest BCUT2D eigenvalue weighted by Crippen LogP contribution is 2.29. The fourth-order valence-corrected chi connectivity index (χ4v) is 3.51. The lowest BCUT2D eigenvalue weighted by Gasteiger charge is -2.08. The van der Waals surface area contributed by atoms with Crippen molar-refractivity contribution in [1.82, 2.24) is 5.32 Å². The standard InChI is InChI=1S/C19H20F3NO2S/c1-12-11-16(13(2)26-12)17(24)7-8-18(25)23-10-9-14-3-5-15(6-4-14)19(20,21)22/h3-6,11H,7-10H2,1-2H3,(H,23,25). The molecule has 0 aliphatic carbocycles. The summed E-state index contributed by atoms with van der Waals surface area (Å²) in [5, 5.41) is 2.69. The summed E-state index contributed by atoms with van der Waals surface area (Å²) in [5.74, 6) is -0.292. The van der Waals surface area contributed by atoms with E-state index in [0.29, 0.717) is 24.1 Å². The Kier molecular flexibility index (Phi) is 6.58. The number of benzene rings is 1. The second-order valence-electron chi connectivity index (χ2n) is 6.04. The molecule has 1 heterocycles. The van der Waals surface area contributed by atoms with Gasteiger partial charge >= 0.3 is 6.18 Å². The Hall–Kier alpha value is -2.15. The highest BCUT2D eigenvalue weighted by atomic mass is 32.1. The van der Waals surface area contributed by atoms with Crippen LogP contribution < -0.4 is 5.32 Å². The van der Waals surface area contributed by atoms with Gasteiger partial charge in [-0.25, -0.2) is 0 Å². The van der Waals surface area contributed by atoms with E-state index in [-0.39, 0.29) is 24.5 Å². The number of thiophene rings is 1. The molecule has 0 aliphatic heterocycles. The Morgan fingerprint density at radius 1 is 1.08 bits per heavy atom. The lowest BCUT2D eigenvalue weighted by Crippen LogP contribution is -2.26.